The summed E-state index contributed by atoms with van der Waals surface area (Å²) in [4.78, 5) is 32.3. The number of halogens is 9. The molecule has 8 aromatic rings. The zero-order valence-corrected chi connectivity index (χ0v) is 40.2. The maximum absolute atomic E-state index is 13.6. The Morgan fingerprint density at radius 2 is 1.18 bits per heavy atom. The van der Waals surface area contributed by atoms with Gasteiger partial charge in [-0.15, -0.1) is 20.4 Å². The Bertz CT molecular complexity index is 3120. The van der Waals surface area contributed by atoms with Crippen molar-refractivity contribution in [3.8, 4) is 21.4 Å². The molecule has 0 aliphatic carbocycles. The Hall–Kier alpha value is -7.61. The number of alkyl halides is 9. The number of hydrogen-bond acceptors (Lipinski definition) is 14. The quantitative estimate of drug-likeness (QED) is 0.0973. The lowest BCUT2D eigenvalue weighted by molar-refractivity contribution is -0.143. The van der Waals surface area contributed by atoms with Crippen LogP contribution in [0.2, 0.25) is 0 Å². The molecular formula is C46H41F9N12O3S2. The molecule has 15 nitrogen and oxygen atoms in total. The lowest BCUT2D eigenvalue weighted by Gasteiger charge is -2.20. The van der Waals surface area contributed by atoms with Gasteiger partial charge in [0.05, 0.1) is 58.1 Å². The summed E-state index contributed by atoms with van der Waals surface area (Å²) in [5.41, 5.74) is 5.40. The highest BCUT2D eigenvalue weighted by molar-refractivity contribution is 7.16. The van der Waals surface area contributed by atoms with E-state index in [0.29, 0.717) is 51.0 Å². The molecule has 1 amide bonds. The Balaban J connectivity index is 0.000000197. The second kappa shape index (κ2) is 22.2. The molecule has 0 bridgehead atoms. The number of nitrogens with zero attached hydrogens (tertiary/aromatic N) is 10. The van der Waals surface area contributed by atoms with E-state index in [1.807, 2.05) is 18.2 Å². The molecule has 0 saturated carbocycles. The zero-order chi connectivity index (χ0) is 52.7. The van der Waals surface area contributed by atoms with Crippen LogP contribution in [0.5, 0.6) is 0 Å². The van der Waals surface area contributed by atoms with Gasteiger partial charge in [-0.05, 0) is 95.1 Å². The van der Waals surface area contributed by atoms with Crippen LogP contribution in [-0.2, 0) is 23.3 Å². The van der Waals surface area contributed by atoms with Crippen LogP contribution in [0.4, 0.5) is 50.9 Å². The number of ether oxygens (including phenoxy) is 1. The number of aromatic nitrogens is 10. The van der Waals surface area contributed by atoms with Gasteiger partial charge in [0.15, 0.2) is 10.0 Å². The fourth-order valence-electron chi connectivity index (χ4n) is 6.58. The standard InChI is InChI=1S/C22H16F6N6OS.C14H16F3N3.C10H9N3O2S/c1-11-17(30-18(35)20-32-31-19(36-20)16-5-3-4-8-29-16)10-34(33-11)12(2)14-7-6-13(21(23,24)25)9-15(14)22(26,27)28;1-8-4-5-11(12(6-8)14(15,16)17)10(3)20-7-13(18)9(2)19-20;1-2-15-10(14)9-13-12-8(16-9)7-5-3-4-6-11-7/h3-10,12H,1-2H3,(H,30,35);4-7,10H,18H2,1-3H3;3-6H,2H2,1H3. The lowest BCUT2D eigenvalue weighted by atomic mass is 9.98. The van der Waals surface area contributed by atoms with Crippen LogP contribution in [0, 0.1) is 20.8 Å². The van der Waals surface area contributed by atoms with Crippen LogP contribution in [-0.4, -0.2) is 68.4 Å². The van der Waals surface area contributed by atoms with Crippen molar-refractivity contribution in [3.05, 3.63) is 152 Å². The first kappa shape index (κ1) is 53.7. The Kier molecular flexibility index (Phi) is 16.6. The van der Waals surface area contributed by atoms with Crippen molar-refractivity contribution >= 4 is 45.9 Å². The van der Waals surface area contributed by atoms with Gasteiger partial charge >= 0.3 is 24.5 Å². The van der Waals surface area contributed by atoms with Crippen molar-refractivity contribution in [2.45, 2.75) is 72.2 Å². The van der Waals surface area contributed by atoms with Crippen molar-refractivity contribution in [1.29, 1.82) is 0 Å². The van der Waals surface area contributed by atoms with Gasteiger partial charge in [-0.25, -0.2) is 4.79 Å². The molecule has 2 unspecified atom stereocenters. The number of carbonyl (C=O) groups excluding carboxylic acids is 2. The minimum Gasteiger partial charge on any atom is -0.461 e. The van der Waals surface area contributed by atoms with E-state index < -0.39 is 64.7 Å². The van der Waals surface area contributed by atoms with Crippen molar-refractivity contribution in [3.63, 3.8) is 0 Å². The molecule has 378 valence electrons. The first-order chi connectivity index (χ1) is 33.8. The molecule has 0 aliphatic rings. The van der Waals surface area contributed by atoms with Gasteiger partial charge in [0.1, 0.15) is 11.4 Å². The fourth-order valence-corrected chi connectivity index (χ4v) is 8.01. The summed E-state index contributed by atoms with van der Waals surface area (Å²) in [7, 11) is 0. The molecule has 72 heavy (non-hydrogen) atoms. The molecule has 2 atom stereocenters. The van der Waals surface area contributed by atoms with Crippen molar-refractivity contribution < 1.29 is 53.8 Å². The number of aryl methyl sites for hydroxylation is 3. The summed E-state index contributed by atoms with van der Waals surface area (Å²) in [5.74, 6) is -1.06. The number of nitrogens with one attached hydrogen (secondary N) is 1. The third-order valence-corrected chi connectivity index (χ3v) is 12.1. The first-order valence-corrected chi connectivity index (χ1v) is 22.8. The smallest absolute Gasteiger partial charge is 0.416 e. The number of nitrogens with two attached hydrogens (primary N) is 1. The third-order valence-electron chi connectivity index (χ3n) is 10.3. The fraction of sp³-hybridized carbons (Fsp3) is 0.261. The zero-order valence-electron chi connectivity index (χ0n) is 38.6. The van der Waals surface area contributed by atoms with Gasteiger partial charge < -0.3 is 15.8 Å². The Morgan fingerprint density at radius 1 is 0.667 bits per heavy atom. The van der Waals surface area contributed by atoms with Crippen LogP contribution in [0.25, 0.3) is 21.4 Å². The largest absolute Gasteiger partial charge is 0.461 e. The van der Waals surface area contributed by atoms with E-state index in [-0.39, 0.29) is 33.0 Å². The number of hydrogen-bond donors (Lipinski definition) is 2. The Morgan fingerprint density at radius 3 is 1.68 bits per heavy atom. The molecular weight excluding hydrogens is 1000 g/mol. The van der Waals surface area contributed by atoms with Crippen molar-refractivity contribution in [2.75, 3.05) is 17.7 Å². The maximum atomic E-state index is 13.6. The molecule has 0 fully saturated rings. The summed E-state index contributed by atoms with van der Waals surface area (Å²) in [6.07, 6.45) is -8.24. The number of carbonyl (C=O) groups is 2. The summed E-state index contributed by atoms with van der Waals surface area (Å²) in [6.45, 7) is 10.00. The molecule has 0 aliphatic heterocycles. The second-order valence-electron chi connectivity index (χ2n) is 15.4. The number of benzene rings is 2. The van der Waals surface area contributed by atoms with E-state index in [9.17, 15) is 49.1 Å². The molecule has 0 spiro atoms. The summed E-state index contributed by atoms with van der Waals surface area (Å²) in [6, 6.07) is 14.8. The molecule has 0 radical (unpaired) electrons. The molecule has 0 saturated heterocycles. The minimum absolute atomic E-state index is 0.0259. The van der Waals surface area contributed by atoms with Gasteiger partial charge in [0.25, 0.3) is 5.91 Å². The summed E-state index contributed by atoms with van der Waals surface area (Å²) < 4.78 is 127. The second-order valence-corrected chi connectivity index (χ2v) is 17.4. The third kappa shape index (κ3) is 13.2. The van der Waals surface area contributed by atoms with Crippen LogP contribution in [0.15, 0.2) is 97.6 Å². The number of esters is 1. The average Bonchev–Trinajstić information content (AvgIpc) is 4.17. The highest BCUT2D eigenvalue weighted by Gasteiger charge is 2.40. The van der Waals surface area contributed by atoms with Crippen LogP contribution in [0.3, 0.4) is 0 Å². The SMILES string of the molecule is CCOC(=O)c1nnc(-c2ccccn2)s1.Cc1ccc(C(C)n2cc(N)c(C)n2)c(C(F)(F)F)c1.Cc1nn(C(C)c2ccc(C(F)(F)F)cc2C(F)(F)F)cc1NC(=O)c1nnc(-c2ccccn2)s1. The highest BCUT2D eigenvalue weighted by Crippen LogP contribution is 2.41. The molecule has 6 heterocycles. The number of nitrogen functional groups attached to an aromatic ring is 1. The van der Waals surface area contributed by atoms with E-state index in [0.717, 1.165) is 28.2 Å². The summed E-state index contributed by atoms with van der Waals surface area (Å²) >= 11 is 2.17. The monoisotopic (exact) mass is 1040 g/mol. The normalized spacial score (nSPS) is 12.5. The number of pyridine rings is 2. The minimum atomic E-state index is -5.02. The summed E-state index contributed by atoms with van der Waals surface area (Å²) in [5, 5.41) is 27.7. The van der Waals surface area contributed by atoms with E-state index in [4.69, 9.17) is 10.5 Å². The molecule has 2 aromatic carbocycles. The first-order valence-electron chi connectivity index (χ1n) is 21.2. The van der Waals surface area contributed by atoms with Crippen LogP contribution >= 0.6 is 22.7 Å². The van der Waals surface area contributed by atoms with Gasteiger partial charge in [-0.2, -0.15) is 49.7 Å². The molecule has 3 N–H and O–H groups in total. The van der Waals surface area contributed by atoms with Gasteiger partial charge in [-0.3, -0.25) is 24.1 Å². The van der Waals surface area contributed by atoms with Gasteiger partial charge in [0, 0.05) is 24.8 Å². The highest BCUT2D eigenvalue weighted by atomic mass is 32.1. The number of rotatable bonds is 10. The van der Waals surface area contributed by atoms with E-state index in [1.165, 1.54) is 42.1 Å². The van der Waals surface area contributed by atoms with E-state index in [2.05, 4.69) is 45.9 Å². The van der Waals surface area contributed by atoms with Crippen LogP contribution in [0.1, 0.15) is 97.2 Å². The van der Waals surface area contributed by atoms with Crippen molar-refractivity contribution in [2.24, 2.45) is 0 Å². The predicted molar refractivity (Wildman–Crippen MR) is 249 cm³/mol. The predicted octanol–water partition coefficient (Wildman–Crippen LogP) is 11.5. The average molecular weight is 1050 g/mol. The van der Waals surface area contributed by atoms with Crippen LogP contribution < -0.4 is 11.1 Å². The maximum Gasteiger partial charge on any atom is 0.416 e. The lowest BCUT2D eigenvalue weighted by Crippen LogP contribution is -2.18. The molecule has 8 rings (SSSR count). The molecule has 26 heteroatoms. The van der Waals surface area contributed by atoms with Gasteiger partial charge in [-0.1, -0.05) is 58.6 Å². The van der Waals surface area contributed by atoms with Gasteiger partial charge in [0.2, 0.25) is 10.0 Å². The van der Waals surface area contributed by atoms with E-state index in [1.54, 1.807) is 70.6 Å². The van der Waals surface area contributed by atoms with Crippen molar-refractivity contribution in [1.82, 2.24) is 49.9 Å². The molecule has 6 aromatic heterocycles. The van der Waals surface area contributed by atoms with E-state index >= 15 is 0 Å². The number of amides is 1. The Labute approximate surface area is 412 Å². The number of anilines is 2. The topological polar surface area (TPSA) is 194 Å².